The average Bonchev–Trinajstić information content (AvgIpc) is 2.74. The Morgan fingerprint density at radius 2 is 1.90 bits per heavy atom. The SMILES string of the molecule is O=S(=O)(c1ccc(F)cc1)N1CCCC(c2cncc(-c3cccc(Cl)c3)n2)C1. The van der Waals surface area contributed by atoms with Gasteiger partial charge in [0, 0.05) is 35.8 Å². The van der Waals surface area contributed by atoms with Gasteiger partial charge in [-0.3, -0.25) is 4.98 Å². The summed E-state index contributed by atoms with van der Waals surface area (Å²) in [6.45, 7) is 0.741. The number of aromatic nitrogens is 2. The van der Waals surface area contributed by atoms with Crippen LogP contribution in [0.5, 0.6) is 0 Å². The molecular weight excluding hydrogens is 413 g/mol. The van der Waals surface area contributed by atoms with Gasteiger partial charge in [0.1, 0.15) is 5.82 Å². The van der Waals surface area contributed by atoms with Gasteiger partial charge < -0.3 is 0 Å². The van der Waals surface area contributed by atoms with E-state index in [9.17, 15) is 12.8 Å². The van der Waals surface area contributed by atoms with Crippen LogP contribution in [0.3, 0.4) is 0 Å². The smallest absolute Gasteiger partial charge is 0.243 e. The molecule has 1 fully saturated rings. The van der Waals surface area contributed by atoms with Gasteiger partial charge in [-0.25, -0.2) is 17.8 Å². The van der Waals surface area contributed by atoms with Crippen molar-refractivity contribution < 1.29 is 12.8 Å². The molecule has 8 heteroatoms. The molecule has 0 bridgehead atoms. The molecule has 1 atom stereocenters. The highest BCUT2D eigenvalue weighted by Gasteiger charge is 2.31. The summed E-state index contributed by atoms with van der Waals surface area (Å²) in [7, 11) is -3.69. The third-order valence-corrected chi connectivity index (χ3v) is 7.14. The molecule has 0 N–H and O–H groups in total. The van der Waals surface area contributed by atoms with Gasteiger partial charge in [0.15, 0.2) is 0 Å². The van der Waals surface area contributed by atoms with Crippen molar-refractivity contribution in [2.45, 2.75) is 23.7 Å². The Morgan fingerprint density at radius 3 is 2.66 bits per heavy atom. The molecule has 1 unspecified atom stereocenters. The summed E-state index contributed by atoms with van der Waals surface area (Å²) in [6.07, 6.45) is 4.90. The second kappa shape index (κ2) is 8.18. The van der Waals surface area contributed by atoms with Crippen LogP contribution in [0.4, 0.5) is 4.39 Å². The van der Waals surface area contributed by atoms with Crippen LogP contribution >= 0.6 is 11.6 Å². The van der Waals surface area contributed by atoms with E-state index in [0.717, 1.165) is 29.8 Å². The standard InChI is InChI=1S/C21H19ClFN3O2S/c22-17-5-1-3-15(11-17)20-12-24-13-21(25-20)16-4-2-10-26(14-16)29(27,28)19-8-6-18(23)7-9-19/h1,3,5-9,11-13,16H,2,4,10,14H2. The molecule has 0 amide bonds. The van der Waals surface area contributed by atoms with Crippen LogP contribution < -0.4 is 0 Å². The Bertz CT molecular complexity index is 1120. The van der Waals surface area contributed by atoms with Gasteiger partial charge in [-0.1, -0.05) is 23.7 Å². The van der Waals surface area contributed by atoms with Gasteiger partial charge in [0.25, 0.3) is 0 Å². The Balaban J connectivity index is 1.59. The van der Waals surface area contributed by atoms with Crippen molar-refractivity contribution in [1.82, 2.24) is 14.3 Å². The van der Waals surface area contributed by atoms with Gasteiger partial charge in [-0.15, -0.1) is 0 Å². The second-order valence-corrected chi connectivity index (χ2v) is 9.37. The van der Waals surface area contributed by atoms with Gasteiger partial charge in [-0.05, 0) is 49.2 Å². The number of hydrogen-bond donors (Lipinski definition) is 0. The van der Waals surface area contributed by atoms with E-state index in [4.69, 9.17) is 16.6 Å². The zero-order valence-corrected chi connectivity index (χ0v) is 17.1. The normalized spacial score (nSPS) is 17.9. The molecule has 2 heterocycles. The quantitative estimate of drug-likeness (QED) is 0.610. The molecule has 1 aliphatic heterocycles. The van der Waals surface area contributed by atoms with Crippen LogP contribution in [-0.4, -0.2) is 35.8 Å². The van der Waals surface area contributed by atoms with Crippen molar-refractivity contribution >= 4 is 21.6 Å². The topological polar surface area (TPSA) is 63.2 Å². The Kier molecular flexibility index (Phi) is 5.63. The van der Waals surface area contributed by atoms with E-state index in [1.807, 2.05) is 18.2 Å². The predicted octanol–water partition coefficient (Wildman–Crippen LogP) is 4.50. The van der Waals surface area contributed by atoms with Crippen molar-refractivity contribution in [3.63, 3.8) is 0 Å². The Labute approximate surface area is 174 Å². The Morgan fingerprint density at radius 1 is 1.10 bits per heavy atom. The molecule has 0 spiro atoms. The fraction of sp³-hybridized carbons (Fsp3) is 0.238. The summed E-state index contributed by atoms with van der Waals surface area (Å²) >= 11 is 6.08. The van der Waals surface area contributed by atoms with E-state index in [2.05, 4.69) is 4.98 Å². The molecule has 2 aromatic carbocycles. The zero-order valence-electron chi connectivity index (χ0n) is 15.5. The van der Waals surface area contributed by atoms with Gasteiger partial charge in [0.05, 0.1) is 22.5 Å². The minimum atomic E-state index is -3.69. The highest BCUT2D eigenvalue weighted by atomic mass is 35.5. The van der Waals surface area contributed by atoms with E-state index < -0.39 is 15.8 Å². The van der Waals surface area contributed by atoms with E-state index in [0.29, 0.717) is 30.2 Å². The molecule has 0 saturated carbocycles. The summed E-state index contributed by atoms with van der Waals surface area (Å²) in [5.74, 6) is -0.529. The summed E-state index contributed by atoms with van der Waals surface area (Å²) in [5.41, 5.74) is 2.31. The summed E-state index contributed by atoms with van der Waals surface area (Å²) < 4.78 is 40.5. The third-order valence-electron chi connectivity index (χ3n) is 5.03. The average molecular weight is 432 g/mol. The number of rotatable bonds is 4. The highest BCUT2D eigenvalue weighted by molar-refractivity contribution is 7.89. The van der Waals surface area contributed by atoms with E-state index in [-0.39, 0.29) is 10.8 Å². The van der Waals surface area contributed by atoms with Crippen LogP contribution in [0.25, 0.3) is 11.3 Å². The zero-order chi connectivity index (χ0) is 20.4. The highest BCUT2D eigenvalue weighted by Crippen LogP contribution is 2.30. The van der Waals surface area contributed by atoms with Gasteiger partial charge >= 0.3 is 0 Å². The van der Waals surface area contributed by atoms with Crippen LogP contribution in [0, 0.1) is 5.82 Å². The van der Waals surface area contributed by atoms with Crippen molar-refractivity contribution in [3.8, 4) is 11.3 Å². The lowest BCUT2D eigenvalue weighted by atomic mass is 9.96. The molecule has 0 aliphatic carbocycles. The molecule has 0 radical (unpaired) electrons. The largest absolute Gasteiger partial charge is 0.261 e. The minimum Gasteiger partial charge on any atom is -0.261 e. The molecule has 150 valence electrons. The number of nitrogens with zero attached hydrogens (tertiary/aromatic N) is 3. The van der Waals surface area contributed by atoms with Crippen LogP contribution in [0.1, 0.15) is 24.5 Å². The number of halogens is 2. The Hall–Kier alpha value is -2.35. The van der Waals surface area contributed by atoms with Gasteiger partial charge in [0.2, 0.25) is 10.0 Å². The molecule has 1 saturated heterocycles. The van der Waals surface area contributed by atoms with Crippen molar-refractivity contribution in [2.24, 2.45) is 0 Å². The van der Waals surface area contributed by atoms with E-state index >= 15 is 0 Å². The lowest BCUT2D eigenvalue weighted by Gasteiger charge is -2.31. The van der Waals surface area contributed by atoms with Crippen molar-refractivity contribution in [1.29, 1.82) is 0 Å². The summed E-state index contributed by atoms with van der Waals surface area (Å²) in [5, 5.41) is 0.615. The first-order chi connectivity index (χ1) is 13.9. The number of hydrogen-bond acceptors (Lipinski definition) is 4. The number of piperidine rings is 1. The fourth-order valence-corrected chi connectivity index (χ4v) is 5.24. The van der Waals surface area contributed by atoms with Crippen molar-refractivity contribution in [3.05, 3.63) is 77.5 Å². The third kappa shape index (κ3) is 4.32. The maximum Gasteiger partial charge on any atom is 0.243 e. The molecule has 3 aromatic rings. The van der Waals surface area contributed by atoms with Gasteiger partial charge in [-0.2, -0.15) is 4.31 Å². The maximum atomic E-state index is 13.2. The molecule has 5 nitrogen and oxygen atoms in total. The summed E-state index contributed by atoms with van der Waals surface area (Å²) in [6, 6.07) is 12.3. The van der Waals surface area contributed by atoms with E-state index in [1.54, 1.807) is 18.5 Å². The lowest BCUT2D eigenvalue weighted by molar-refractivity contribution is 0.312. The first-order valence-electron chi connectivity index (χ1n) is 9.27. The molecule has 29 heavy (non-hydrogen) atoms. The molecule has 1 aromatic heterocycles. The van der Waals surface area contributed by atoms with Crippen molar-refractivity contribution in [2.75, 3.05) is 13.1 Å². The summed E-state index contributed by atoms with van der Waals surface area (Å²) in [4.78, 5) is 9.12. The van der Waals surface area contributed by atoms with E-state index in [1.165, 1.54) is 16.4 Å². The molecule has 1 aliphatic rings. The first-order valence-corrected chi connectivity index (χ1v) is 11.1. The molecule has 4 rings (SSSR count). The van der Waals surface area contributed by atoms with Crippen LogP contribution in [-0.2, 0) is 10.0 Å². The predicted molar refractivity (Wildman–Crippen MR) is 110 cm³/mol. The minimum absolute atomic E-state index is 0.0643. The number of sulfonamides is 1. The van der Waals surface area contributed by atoms with Crippen LogP contribution in [0.2, 0.25) is 5.02 Å². The first kappa shape index (κ1) is 19.9. The molecular formula is C21H19ClFN3O2S. The monoisotopic (exact) mass is 431 g/mol. The van der Waals surface area contributed by atoms with Crippen LogP contribution in [0.15, 0.2) is 65.8 Å². The fourth-order valence-electron chi connectivity index (χ4n) is 3.52. The number of benzene rings is 2. The maximum absolute atomic E-state index is 13.2. The lowest BCUT2D eigenvalue weighted by Crippen LogP contribution is -2.39. The second-order valence-electron chi connectivity index (χ2n) is 7.00.